The van der Waals surface area contributed by atoms with E-state index in [0.29, 0.717) is 22.3 Å². The molecule has 0 fully saturated rings. The van der Waals surface area contributed by atoms with Crippen LogP contribution in [0.3, 0.4) is 0 Å². The average Bonchev–Trinajstić information content (AvgIpc) is 3.09. The zero-order chi connectivity index (χ0) is 19.7. The first-order valence-corrected chi connectivity index (χ1v) is 10.0. The molecule has 144 valence electrons. The third kappa shape index (κ3) is 3.70. The minimum absolute atomic E-state index is 0.207. The van der Waals surface area contributed by atoms with Crippen molar-refractivity contribution >= 4 is 35.0 Å². The van der Waals surface area contributed by atoms with Crippen molar-refractivity contribution in [3.8, 4) is 0 Å². The van der Waals surface area contributed by atoms with E-state index in [1.807, 2.05) is 6.92 Å². The molecule has 2 aromatic carbocycles. The topological polar surface area (TPSA) is 71.8 Å². The zero-order valence-corrected chi connectivity index (χ0v) is 16.5. The number of amides is 1. The maximum Gasteiger partial charge on any atom is 0.240 e. The highest BCUT2D eigenvalue weighted by molar-refractivity contribution is 8.00. The molecule has 0 saturated heterocycles. The highest BCUT2D eigenvalue weighted by Crippen LogP contribution is 2.37. The van der Waals surface area contributed by atoms with E-state index in [2.05, 4.69) is 20.9 Å². The Balaban J connectivity index is 1.67. The van der Waals surface area contributed by atoms with Crippen LogP contribution in [0.1, 0.15) is 24.4 Å². The molecule has 2 N–H and O–H groups in total. The fourth-order valence-electron chi connectivity index (χ4n) is 3.03. The van der Waals surface area contributed by atoms with Gasteiger partial charge in [-0.3, -0.25) is 4.79 Å². The number of rotatable bonds is 4. The van der Waals surface area contributed by atoms with Crippen LogP contribution in [0.15, 0.2) is 53.7 Å². The van der Waals surface area contributed by atoms with Gasteiger partial charge in [-0.2, -0.15) is 0 Å². The minimum Gasteiger partial charge on any atom is -0.325 e. The van der Waals surface area contributed by atoms with E-state index < -0.39 is 11.3 Å². The predicted octanol–water partition coefficient (Wildman–Crippen LogP) is 4.03. The number of fused-ring (bicyclic) bond motifs is 1. The second-order valence-electron chi connectivity index (χ2n) is 6.28. The Hall–Kier alpha value is -2.58. The number of halogens is 2. The van der Waals surface area contributed by atoms with Gasteiger partial charge in [0.1, 0.15) is 11.1 Å². The molecule has 28 heavy (non-hydrogen) atoms. The minimum atomic E-state index is -0.536. The van der Waals surface area contributed by atoms with E-state index >= 15 is 0 Å². The Kier molecular flexibility index (Phi) is 5.23. The van der Waals surface area contributed by atoms with Crippen molar-refractivity contribution in [1.82, 2.24) is 14.9 Å². The summed E-state index contributed by atoms with van der Waals surface area (Å²) in [6, 6.07) is 12.7. The van der Waals surface area contributed by atoms with E-state index in [1.54, 1.807) is 41.1 Å². The fourth-order valence-corrected chi connectivity index (χ4v) is 4.32. The standard InChI is InChI=1S/C19H17ClFN5OS/c1-2-15-23-24-19-26(15)25-16(11-6-8-13(21)9-7-11)17(28-19)18(27)22-14-5-3-4-12(20)10-14/h3-10,16-17,25H,2H2,1H3,(H,22,27)/t16-,17-/m0/s1. The SMILES string of the molecule is CCc1nnc2n1N[C@@H](c1ccc(F)cc1)[C@@H](C(=O)Nc1cccc(Cl)c1)S2. The average molecular weight is 418 g/mol. The number of aromatic nitrogens is 3. The summed E-state index contributed by atoms with van der Waals surface area (Å²) in [4.78, 5) is 13.1. The molecule has 1 aliphatic rings. The molecule has 3 aromatic rings. The van der Waals surface area contributed by atoms with Gasteiger partial charge in [-0.15, -0.1) is 10.2 Å². The molecule has 9 heteroatoms. The third-order valence-corrected chi connectivity index (χ3v) is 5.85. The van der Waals surface area contributed by atoms with Crippen LogP contribution in [0.25, 0.3) is 0 Å². The number of aryl methyl sites for hydroxylation is 1. The van der Waals surface area contributed by atoms with Gasteiger partial charge in [-0.05, 0) is 35.9 Å². The summed E-state index contributed by atoms with van der Waals surface area (Å²) in [5, 5.41) is 11.9. The van der Waals surface area contributed by atoms with Gasteiger partial charge < -0.3 is 10.7 Å². The van der Waals surface area contributed by atoms with Crippen LogP contribution < -0.4 is 10.7 Å². The summed E-state index contributed by atoms with van der Waals surface area (Å²) in [5.74, 6) is 0.232. The van der Waals surface area contributed by atoms with Crippen molar-refractivity contribution in [2.45, 2.75) is 29.8 Å². The van der Waals surface area contributed by atoms with E-state index in [0.717, 1.165) is 11.4 Å². The summed E-state index contributed by atoms with van der Waals surface area (Å²) in [5.41, 5.74) is 4.72. The smallest absolute Gasteiger partial charge is 0.240 e. The molecule has 2 heterocycles. The molecule has 0 spiro atoms. The van der Waals surface area contributed by atoms with Crippen molar-refractivity contribution in [1.29, 1.82) is 0 Å². The monoisotopic (exact) mass is 417 g/mol. The van der Waals surface area contributed by atoms with Crippen molar-refractivity contribution < 1.29 is 9.18 Å². The van der Waals surface area contributed by atoms with Crippen molar-refractivity contribution in [3.63, 3.8) is 0 Å². The van der Waals surface area contributed by atoms with Gasteiger partial charge in [-0.25, -0.2) is 9.07 Å². The molecule has 1 amide bonds. The molecular formula is C19H17ClFN5OS. The van der Waals surface area contributed by atoms with Gasteiger partial charge >= 0.3 is 0 Å². The van der Waals surface area contributed by atoms with Crippen molar-refractivity contribution in [3.05, 3.63) is 70.8 Å². The Bertz CT molecular complexity index is 1010. The lowest BCUT2D eigenvalue weighted by molar-refractivity contribution is -0.116. The number of anilines is 1. The van der Waals surface area contributed by atoms with E-state index in [4.69, 9.17) is 11.6 Å². The fraction of sp³-hybridized carbons (Fsp3) is 0.211. The maximum atomic E-state index is 13.4. The molecule has 0 unspecified atom stereocenters. The zero-order valence-electron chi connectivity index (χ0n) is 14.9. The van der Waals surface area contributed by atoms with Crippen LogP contribution in [0.5, 0.6) is 0 Å². The Labute approximate surface area is 170 Å². The highest BCUT2D eigenvalue weighted by atomic mass is 35.5. The van der Waals surface area contributed by atoms with Gasteiger partial charge in [0, 0.05) is 17.1 Å². The summed E-state index contributed by atoms with van der Waals surface area (Å²) < 4.78 is 15.2. The second-order valence-corrected chi connectivity index (χ2v) is 7.83. The van der Waals surface area contributed by atoms with Crippen LogP contribution in [0, 0.1) is 5.82 Å². The number of hydrogen-bond donors (Lipinski definition) is 2. The van der Waals surface area contributed by atoms with Gasteiger partial charge in [0.2, 0.25) is 11.1 Å². The van der Waals surface area contributed by atoms with Crippen molar-refractivity contribution in [2.24, 2.45) is 0 Å². The summed E-state index contributed by atoms with van der Waals surface area (Å²) in [6.45, 7) is 1.98. The first kappa shape index (κ1) is 18.8. The lowest BCUT2D eigenvalue weighted by Crippen LogP contribution is -2.41. The molecule has 0 aliphatic carbocycles. The van der Waals surface area contributed by atoms with E-state index in [9.17, 15) is 9.18 Å². The molecule has 0 radical (unpaired) electrons. The summed E-state index contributed by atoms with van der Waals surface area (Å²) >= 11 is 7.33. The second kappa shape index (κ2) is 7.81. The van der Waals surface area contributed by atoms with Crippen LogP contribution in [0.4, 0.5) is 10.1 Å². The Morgan fingerprint density at radius 3 is 2.79 bits per heavy atom. The predicted molar refractivity (Wildman–Crippen MR) is 108 cm³/mol. The maximum absolute atomic E-state index is 13.4. The van der Waals surface area contributed by atoms with Gasteiger partial charge in [-0.1, -0.05) is 48.5 Å². The molecule has 0 saturated carbocycles. The first-order chi connectivity index (χ1) is 13.5. The van der Waals surface area contributed by atoms with Crippen LogP contribution in [0.2, 0.25) is 5.02 Å². The molecule has 0 bridgehead atoms. The van der Waals surface area contributed by atoms with Crippen LogP contribution in [-0.2, 0) is 11.2 Å². The quantitative estimate of drug-likeness (QED) is 0.670. The Morgan fingerprint density at radius 1 is 1.29 bits per heavy atom. The normalized spacial score (nSPS) is 18.2. The van der Waals surface area contributed by atoms with Crippen molar-refractivity contribution in [2.75, 3.05) is 10.7 Å². The lowest BCUT2D eigenvalue weighted by Gasteiger charge is -2.33. The number of carbonyl (C=O) groups is 1. The van der Waals surface area contributed by atoms with E-state index in [1.165, 1.54) is 23.9 Å². The Morgan fingerprint density at radius 2 is 2.07 bits per heavy atom. The third-order valence-electron chi connectivity index (χ3n) is 4.40. The van der Waals surface area contributed by atoms with Gasteiger partial charge in [0.05, 0.1) is 6.04 Å². The first-order valence-electron chi connectivity index (χ1n) is 8.74. The molecule has 4 rings (SSSR count). The molecular weight excluding hydrogens is 401 g/mol. The number of nitrogens with one attached hydrogen (secondary N) is 2. The number of thioether (sulfide) groups is 1. The molecule has 1 aliphatic heterocycles. The highest BCUT2D eigenvalue weighted by Gasteiger charge is 2.37. The molecule has 6 nitrogen and oxygen atoms in total. The number of carbonyl (C=O) groups excluding carboxylic acids is 1. The molecule has 2 atom stereocenters. The van der Waals surface area contributed by atoms with Crippen LogP contribution >= 0.6 is 23.4 Å². The lowest BCUT2D eigenvalue weighted by atomic mass is 10.0. The summed E-state index contributed by atoms with van der Waals surface area (Å²) in [7, 11) is 0. The summed E-state index contributed by atoms with van der Waals surface area (Å²) in [6.07, 6.45) is 0.691. The number of benzene rings is 2. The van der Waals surface area contributed by atoms with Crippen LogP contribution in [-0.4, -0.2) is 26.0 Å². The van der Waals surface area contributed by atoms with E-state index in [-0.39, 0.29) is 11.7 Å². The van der Waals surface area contributed by atoms with Gasteiger partial charge in [0.25, 0.3) is 0 Å². The van der Waals surface area contributed by atoms with Gasteiger partial charge in [0.15, 0.2) is 5.82 Å². The largest absolute Gasteiger partial charge is 0.325 e. The number of hydrogen-bond acceptors (Lipinski definition) is 5. The molecule has 1 aromatic heterocycles. The number of nitrogens with zero attached hydrogens (tertiary/aromatic N) is 3.